The maximum absolute atomic E-state index is 12.9. The first-order valence-electron chi connectivity index (χ1n) is 15.1. The number of methoxy groups -OCH3 is 1. The van der Waals surface area contributed by atoms with Gasteiger partial charge in [-0.2, -0.15) is 4.98 Å². The predicted molar refractivity (Wildman–Crippen MR) is 185 cm³/mol. The van der Waals surface area contributed by atoms with E-state index in [0.717, 1.165) is 57.8 Å². The van der Waals surface area contributed by atoms with Gasteiger partial charge in [0.2, 0.25) is 11.9 Å². The van der Waals surface area contributed by atoms with Crippen molar-refractivity contribution < 1.29 is 14.1 Å². The molecular formula is C32H42ClN8O3P. The molecule has 2 saturated heterocycles. The largest absolute Gasteiger partial charge is 0.494 e. The van der Waals surface area contributed by atoms with E-state index in [1.54, 1.807) is 20.4 Å². The van der Waals surface area contributed by atoms with Crippen LogP contribution >= 0.6 is 18.7 Å². The minimum Gasteiger partial charge on any atom is -0.494 e. The van der Waals surface area contributed by atoms with Crippen LogP contribution < -0.4 is 30.9 Å². The number of hydrogen-bond donors (Lipinski definition) is 3. The first kappa shape index (κ1) is 32.8. The Balaban J connectivity index is 1.39. The molecule has 0 bridgehead atoms. The number of hydrogen-bond acceptors (Lipinski definition) is 10. The number of benzene rings is 2. The fourth-order valence-electron chi connectivity index (χ4n) is 5.85. The smallest absolute Gasteiger partial charge is 0.247 e. The van der Waals surface area contributed by atoms with Gasteiger partial charge in [0.25, 0.3) is 0 Å². The molecule has 0 spiro atoms. The number of para-hydroxylation sites is 1. The Morgan fingerprint density at radius 1 is 1.04 bits per heavy atom. The summed E-state index contributed by atoms with van der Waals surface area (Å²) in [5.41, 5.74) is 2.73. The summed E-state index contributed by atoms with van der Waals surface area (Å²) in [6.07, 6.45) is 4.84. The number of piperidine rings is 1. The quantitative estimate of drug-likeness (QED) is 0.199. The first-order chi connectivity index (χ1) is 21.5. The van der Waals surface area contributed by atoms with Crippen LogP contribution in [0.3, 0.4) is 0 Å². The van der Waals surface area contributed by atoms with Crippen molar-refractivity contribution in [1.82, 2.24) is 19.8 Å². The third-order valence-electron chi connectivity index (χ3n) is 8.35. The molecule has 2 aliphatic heterocycles. The van der Waals surface area contributed by atoms with Crippen LogP contribution in [0.1, 0.15) is 12.8 Å². The summed E-state index contributed by atoms with van der Waals surface area (Å²) in [4.78, 5) is 28.8. The Hall–Kier alpha value is -3.63. The zero-order chi connectivity index (χ0) is 32.1. The van der Waals surface area contributed by atoms with Crippen LogP contribution in [0.4, 0.5) is 34.5 Å². The second-order valence-corrected chi connectivity index (χ2v) is 15.4. The molecule has 3 heterocycles. The highest BCUT2D eigenvalue weighted by atomic mass is 35.5. The molecule has 11 nitrogen and oxygen atoms in total. The number of ether oxygens (including phenoxy) is 1. The third-order valence-corrected chi connectivity index (χ3v) is 10.2. The van der Waals surface area contributed by atoms with Gasteiger partial charge < -0.3 is 35.1 Å². The van der Waals surface area contributed by atoms with E-state index in [1.165, 1.54) is 12.3 Å². The van der Waals surface area contributed by atoms with Gasteiger partial charge in [0.15, 0.2) is 5.82 Å². The summed E-state index contributed by atoms with van der Waals surface area (Å²) >= 11 is 6.47. The molecule has 0 saturated carbocycles. The highest BCUT2D eigenvalue weighted by Crippen LogP contribution is 2.41. The number of amides is 1. The van der Waals surface area contributed by atoms with E-state index in [9.17, 15) is 9.36 Å². The van der Waals surface area contributed by atoms with Gasteiger partial charge in [-0.15, -0.1) is 0 Å². The van der Waals surface area contributed by atoms with Crippen LogP contribution in [0.25, 0.3) is 0 Å². The number of carbonyl (C=O) groups is 1. The van der Waals surface area contributed by atoms with E-state index >= 15 is 0 Å². The van der Waals surface area contributed by atoms with Crippen molar-refractivity contribution in [3.63, 3.8) is 0 Å². The highest BCUT2D eigenvalue weighted by Gasteiger charge is 2.28. The van der Waals surface area contributed by atoms with Crippen LogP contribution in [0.15, 0.2) is 55.3 Å². The van der Waals surface area contributed by atoms with Gasteiger partial charge in [0, 0.05) is 56.7 Å². The minimum absolute atomic E-state index is 0.260. The summed E-state index contributed by atoms with van der Waals surface area (Å²) in [6.45, 7) is 13.2. The number of likely N-dealkylation sites (N-methyl/N-ethyl adjacent to an activating group) is 1. The molecule has 13 heteroatoms. The summed E-state index contributed by atoms with van der Waals surface area (Å²) in [5, 5.41) is 10.4. The number of anilines is 6. The lowest BCUT2D eigenvalue weighted by Gasteiger charge is -2.43. The van der Waals surface area contributed by atoms with Gasteiger partial charge in [-0.05, 0) is 57.5 Å². The molecule has 0 unspecified atom stereocenters. The molecule has 0 radical (unpaired) electrons. The monoisotopic (exact) mass is 652 g/mol. The van der Waals surface area contributed by atoms with Crippen LogP contribution in [0, 0.1) is 0 Å². The number of nitrogens with one attached hydrogen (secondary N) is 3. The summed E-state index contributed by atoms with van der Waals surface area (Å²) in [7, 11) is 1.22. The Labute approximate surface area is 270 Å². The second kappa shape index (κ2) is 14.2. The molecular weight excluding hydrogens is 611 g/mol. The van der Waals surface area contributed by atoms with E-state index in [0.29, 0.717) is 45.0 Å². The Bertz CT molecular complexity index is 1580. The topological polar surface area (TPSA) is 115 Å². The average molecular weight is 653 g/mol. The van der Waals surface area contributed by atoms with E-state index in [-0.39, 0.29) is 11.9 Å². The Morgan fingerprint density at radius 3 is 2.42 bits per heavy atom. The summed E-state index contributed by atoms with van der Waals surface area (Å²) in [6, 6.07) is 11.7. The molecule has 1 aromatic heterocycles. The maximum Gasteiger partial charge on any atom is 0.247 e. The van der Waals surface area contributed by atoms with Crippen molar-refractivity contribution >= 4 is 64.5 Å². The highest BCUT2D eigenvalue weighted by molar-refractivity contribution is 7.70. The number of nitrogens with zero attached hydrogens (tertiary/aromatic N) is 5. The lowest BCUT2D eigenvalue weighted by Crippen LogP contribution is -2.52. The molecule has 2 aromatic carbocycles. The molecule has 0 atom stereocenters. The maximum atomic E-state index is 12.9. The average Bonchev–Trinajstić information content (AvgIpc) is 3.03. The van der Waals surface area contributed by atoms with Crippen molar-refractivity contribution in [3.05, 3.63) is 60.3 Å². The van der Waals surface area contributed by atoms with Gasteiger partial charge >= 0.3 is 0 Å². The van der Waals surface area contributed by atoms with Gasteiger partial charge in [0.1, 0.15) is 17.9 Å². The molecule has 2 aliphatic rings. The van der Waals surface area contributed by atoms with E-state index < -0.39 is 7.14 Å². The number of rotatable bonds is 10. The SMILES string of the molecule is C=CC(=O)Nc1cc(Nc2ncc(Cl)c(Nc3ccccc3P(C)(C)=O)n2)c(OC)cc1N1CCC(N2CCN(C)CC2)CC1. The zero-order valence-corrected chi connectivity index (χ0v) is 28.0. The Morgan fingerprint density at radius 2 is 1.76 bits per heavy atom. The van der Waals surface area contributed by atoms with E-state index in [1.807, 2.05) is 36.4 Å². The Kier molecular flexibility index (Phi) is 10.3. The predicted octanol–water partition coefficient (Wildman–Crippen LogP) is 5.21. The van der Waals surface area contributed by atoms with Gasteiger partial charge in [0.05, 0.1) is 36.1 Å². The first-order valence-corrected chi connectivity index (χ1v) is 18.1. The lowest BCUT2D eigenvalue weighted by molar-refractivity contribution is -0.111. The summed E-state index contributed by atoms with van der Waals surface area (Å²) < 4.78 is 18.7. The molecule has 5 rings (SSSR count). The van der Waals surface area contributed by atoms with Crippen LogP contribution in [0.2, 0.25) is 5.02 Å². The summed E-state index contributed by atoms with van der Waals surface area (Å²) in [5.74, 6) is 0.875. The minimum atomic E-state index is -2.57. The fraction of sp³-hybridized carbons (Fsp3) is 0.406. The third kappa shape index (κ3) is 7.97. The van der Waals surface area contributed by atoms with Gasteiger partial charge in [-0.25, -0.2) is 4.98 Å². The number of carbonyl (C=O) groups excluding carboxylic acids is 1. The van der Waals surface area contributed by atoms with Gasteiger partial charge in [-0.3, -0.25) is 9.69 Å². The molecule has 45 heavy (non-hydrogen) atoms. The number of aromatic nitrogens is 2. The van der Waals surface area contributed by atoms with E-state index in [2.05, 4.69) is 54.2 Å². The van der Waals surface area contributed by atoms with Crippen molar-refractivity contribution in [2.45, 2.75) is 18.9 Å². The van der Waals surface area contributed by atoms with E-state index in [4.69, 9.17) is 16.3 Å². The van der Waals surface area contributed by atoms with Crippen molar-refractivity contribution in [1.29, 1.82) is 0 Å². The van der Waals surface area contributed by atoms with Crippen LogP contribution in [0.5, 0.6) is 5.75 Å². The molecule has 0 aliphatic carbocycles. The lowest BCUT2D eigenvalue weighted by atomic mass is 10.0. The normalized spacial score (nSPS) is 16.7. The molecule has 3 aromatic rings. The molecule has 3 N–H and O–H groups in total. The molecule has 240 valence electrons. The van der Waals surface area contributed by atoms with Crippen molar-refractivity contribution in [2.75, 3.05) is 87.6 Å². The standard InChI is InChI=1S/C32H42ClN8O3P/c1-6-30(42)35-25-19-26(28(44-3)20-27(25)41-13-11-22(12-14-41)40-17-15-39(2)16-18-40)37-32-34-21-23(33)31(38-32)36-24-9-7-8-10-29(24)45(4,5)43/h6-10,19-22H,1,11-18H2,2-5H3,(H,35,42)(H2,34,36,37,38). The number of piperazine rings is 1. The fourth-order valence-corrected chi connectivity index (χ4v) is 7.15. The van der Waals surface area contributed by atoms with Crippen LogP contribution in [-0.4, -0.2) is 98.5 Å². The van der Waals surface area contributed by atoms with Gasteiger partial charge in [-0.1, -0.05) is 30.3 Å². The van der Waals surface area contributed by atoms with Crippen molar-refractivity contribution in [2.24, 2.45) is 0 Å². The van der Waals surface area contributed by atoms with Crippen LogP contribution in [-0.2, 0) is 9.36 Å². The second-order valence-electron chi connectivity index (χ2n) is 11.8. The zero-order valence-electron chi connectivity index (χ0n) is 26.3. The number of halogens is 1. The molecule has 2 fully saturated rings. The van der Waals surface area contributed by atoms with Crippen molar-refractivity contribution in [3.8, 4) is 5.75 Å². The molecule has 1 amide bonds.